The maximum atomic E-state index is 6.05. The molecule has 0 saturated heterocycles. The third kappa shape index (κ3) is 1.70. The highest BCUT2D eigenvalue weighted by molar-refractivity contribution is 5.97. The Hall–Kier alpha value is -2.42. The third-order valence-corrected chi connectivity index (χ3v) is 2.98. The minimum Gasteiger partial charge on any atom is -0.397 e. The van der Waals surface area contributed by atoms with Gasteiger partial charge >= 0.3 is 0 Å². The molecule has 0 atom stereocenters. The summed E-state index contributed by atoms with van der Waals surface area (Å²) in [4.78, 5) is 8.69. The number of nitrogens with two attached hydrogens (primary N) is 1. The van der Waals surface area contributed by atoms with Gasteiger partial charge in [-0.05, 0) is 23.9 Å². The minimum atomic E-state index is 0.688. The van der Waals surface area contributed by atoms with Crippen LogP contribution in [0.3, 0.4) is 0 Å². The quantitative estimate of drug-likeness (QED) is 0.704. The van der Waals surface area contributed by atoms with E-state index in [4.69, 9.17) is 5.73 Å². The van der Waals surface area contributed by atoms with E-state index in [1.807, 2.05) is 49.8 Å². The van der Waals surface area contributed by atoms with Crippen molar-refractivity contribution in [3.63, 3.8) is 0 Å². The molecule has 3 aromatic rings. The number of fused-ring (bicyclic) bond motifs is 1. The van der Waals surface area contributed by atoms with Gasteiger partial charge in [-0.15, -0.1) is 0 Å². The molecule has 18 heavy (non-hydrogen) atoms. The average molecular weight is 235 g/mol. The lowest BCUT2D eigenvalue weighted by Crippen LogP contribution is -1.95. The number of hydrogen-bond acceptors (Lipinski definition) is 3. The van der Waals surface area contributed by atoms with Crippen LogP contribution in [-0.2, 0) is 0 Å². The molecule has 0 saturated carbocycles. The molecule has 0 unspecified atom stereocenters. The molecule has 3 rings (SSSR count). The maximum Gasteiger partial charge on any atom is 0.0953 e. The van der Waals surface area contributed by atoms with E-state index in [2.05, 4.69) is 16.0 Å². The van der Waals surface area contributed by atoms with Crippen molar-refractivity contribution < 1.29 is 0 Å². The number of hydrogen-bond donors (Lipinski definition) is 1. The number of benzene rings is 1. The zero-order chi connectivity index (χ0) is 12.5. The highest BCUT2D eigenvalue weighted by Gasteiger charge is 2.08. The smallest absolute Gasteiger partial charge is 0.0953 e. The molecule has 1 aromatic carbocycles. The summed E-state index contributed by atoms with van der Waals surface area (Å²) in [5, 5.41) is 2.22. The number of nitrogen functional groups attached to an aromatic ring is 1. The summed E-state index contributed by atoms with van der Waals surface area (Å²) in [5.74, 6) is 0. The zero-order valence-electron chi connectivity index (χ0n) is 10.1. The number of pyridine rings is 2. The van der Waals surface area contributed by atoms with Crippen LogP contribution in [0.5, 0.6) is 0 Å². The van der Waals surface area contributed by atoms with E-state index in [0.717, 1.165) is 27.6 Å². The Morgan fingerprint density at radius 2 is 1.89 bits per heavy atom. The first-order valence-electron chi connectivity index (χ1n) is 5.81. The molecule has 0 amide bonds. The molecular weight excluding hydrogens is 222 g/mol. The second kappa shape index (κ2) is 4.11. The predicted octanol–water partition coefficient (Wildman–Crippen LogP) is 3.19. The van der Waals surface area contributed by atoms with Crippen molar-refractivity contribution in [2.75, 3.05) is 5.73 Å². The van der Waals surface area contributed by atoms with Crippen molar-refractivity contribution in [3.8, 4) is 11.3 Å². The summed E-state index contributed by atoms with van der Waals surface area (Å²) in [7, 11) is 0. The van der Waals surface area contributed by atoms with Gasteiger partial charge in [0.05, 0.1) is 11.4 Å². The molecule has 3 heteroatoms. The number of rotatable bonds is 1. The molecule has 3 nitrogen and oxygen atoms in total. The van der Waals surface area contributed by atoms with Gasteiger partial charge in [0.1, 0.15) is 0 Å². The van der Waals surface area contributed by atoms with Gasteiger partial charge in [-0.25, -0.2) is 0 Å². The average Bonchev–Trinajstić information content (AvgIpc) is 2.38. The molecule has 0 spiro atoms. The number of anilines is 1. The molecule has 0 radical (unpaired) electrons. The van der Waals surface area contributed by atoms with Crippen LogP contribution >= 0.6 is 0 Å². The summed E-state index contributed by atoms with van der Waals surface area (Å²) in [6.07, 6.45) is 5.49. The normalized spacial score (nSPS) is 10.7. The largest absolute Gasteiger partial charge is 0.397 e. The predicted molar refractivity (Wildman–Crippen MR) is 74.1 cm³/mol. The van der Waals surface area contributed by atoms with Gasteiger partial charge in [-0.3, -0.25) is 9.97 Å². The van der Waals surface area contributed by atoms with E-state index in [0.29, 0.717) is 5.69 Å². The Bertz CT molecular complexity index is 715. The SMILES string of the molecule is Cc1cnc(-c2cncc3ccccc23)c(N)c1. The second-order valence-corrected chi connectivity index (χ2v) is 4.36. The molecule has 2 aromatic heterocycles. The van der Waals surface area contributed by atoms with Crippen molar-refractivity contribution in [2.45, 2.75) is 6.92 Å². The lowest BCUT2D eigenvalue weighted by molar-refractivity contribution is 1.26. The van der Waals surface area contributed by atoms with Crippen LogP contribution in [0.25, 0.3) is 22.0 Å². The Kier molecular flexibility index (Phi) is 2.45. The summed E-state index contributed by atoms with van der Waals surface area (Å²) in [6, 6.07) is 10.0. The molecule has 0 aliphatic rings. The second-order valence-electron chi connectivity index (χ2n) is 4.36. The van der Waals surface area contributed by atoms with E-state index < -0.39 is 0 Å². The number of aromatic nitrogens is 2. The summed E-state index contributed by atoms with van der Waals surface area (Å²) in [5.41, 5.74) is 9.58. The third-order valence-electron chi connectivity index (χ3n) is 2.98. The summed E-state index contributed by atoms with van der Waals surface area (Å²) in [6.45, 7) is 1.98. The first-order valence-corrected chi connectivity index (χ1v) is 5.81. The lowest BCUT2D eigenvalue weighted by atomic mass is 10.0. The highest BCUT2D eigenvalue weighted by atomic mass is 14.7. The van der Waals surface area contributed by atoms with Gasteiger partial charge in [0, 0.05) is 29.5 Å². The Balaban J connectivity index is 2.31. The van der Waals surface area contributed by atoms with E-state index in [-0.39, 0.29) is 0 Å². The Morgan fingerprint density at radius 3 is 2.72 bits per heavy atom. The van der Waals surface area contributed by atoms with Crippen LogP contribution in [-0.4, -0.2) is 9.97 Å². The van der Waals surface area contributed by atoms with Crippen molar-refractivity contribution in [3.05, 3.63) is 54.5 Å². The topological polar surface area (TPSA) is 51.8 Å². The summed E-state index contributed by atoms with van der Waals surface area (Å²) < 4.78 is 0. The summed E-state index contributed by atoms with van der Waals surface area (Å²) >= 11 is 0. The molecule has 2 N–H and O–H groups in total. The molecule has 2 heterocycles. The molecule has 0 aliphatic carbocycles. The molecule has 0 bridgehead atoms. The van der Waals surface area contributed by atoms with Crippen molar-refractivity contribution >= 4 is 16.5 Å². The molecule has 0 fully saturated rings. The van der Waals surface area contributed by atoms with Crippen molar-refractivity contribution in [1.29, 1.82) is 0 Å². The molecule has 0 aliphatic heterocycles. The van der Waals surface area contributed by atoms with Crippen LogP contribution in [0.4, 0.5) is 5.69 Å². The van der Waals surface area contributed by atoms with Gasteiger partial charge in [-0.2, -0.15) is 0 Å². The first-order chi connectivity index (χ1) is 8.75. The van der Waals surface area contributed by atoms with Crippen LogP contribution in [0.1, 0.15) is 5.56 Å². The number of nitrogens with zero attached hydrogens (tertiary/aromatic N) is 2. The van der Waals surface area contributed by atoms with E-state index >= 15 is 0 Å². The molecule has 88 valence electrons. The van der Waals surface area contributed by atoms with Crippen LogP contribution in [0.2, 0.25) is 0 Å². The lowest BCUT2D eigenvalue weighted by Gasteiger charge is -2.08. The van der Waals surface area contributed by atoms with Gasteiger partial charge in [0.25, 0.3) is 0 Å². The number of aryl methyl sites for hydroxylation is 1. The van der Waals surface area contributed by atoms with Crippen LogP contribution in [0.15, 0.2) is 48.9 Å². The minimum absolute atomic E-state index is 0.688. The van der Waals surface area contributed by atoms with Gasteiger partial charge in [-0.1, -0.05) is 24.3 Å². The van der Waals surface area contributed by atoms with Gasteiger partial charge in [0.15, 0.2) is 0 Å². The first kappa shape index (κ1) is 10.7. The zero-order valence-corrected chi connectivity index (χ0v) is 10.1. The van der Waals surface area contributed by atoms with Gasteiger partial charge in [0.2, 0.25) is 0 Å². The van der Waals surface area contributed by atoms with Crippen LogP contribution in [0, 0.1) is 6.92 Å². The fourth-order valence-corrected chi connectivity index (χ4v) is 2.12. The Morgan fingerprint density at radius 1 is 1.06 bits per heavy atom. The monoisotopic (exact) mass is 235 g/mol. The fraction of sp³-hybridized carbons (Fsp3) is 0.0667. The van der Waals surface area contributed by atoms with Crippen LogP contribution < -0.4 is 5.73 Å². The fourth-order valence-electron chi connectivity index (χ4n) is 2.12. The van der Waals surface area contributed by atoms with E-state index in [9.17, 15) is 0 Å². The molecular formula is C15H13N3. The maximum absolute atomic E-state index is 6.05. The van der Waals surface area contributed by atoms with Gasteiger partial charge < -0.3 is 5.73 Å². The van der Waals surface area contributed by atoms with E-state index in [1.165, 1.54) is 0 Å². The highest BCUT2D eigenvalue weighted by Crippen LogP contribution is 2.29. The standard InChI is InChI=1S/C15H13N3/c1-10-6-14(16)15(18-7-10)13-9-17-8-11-4-2-3-5-12(11)13/h2-9H,16H2,1H3. The van der Waals surface area contributed by atoms with E-state index in [1.54, 1.807) is 0 Å². The van der Waals surface area contributed by atoms with Crippen molar-refractivity contribution in [1.82, 2.24) is 9.97 Å². The Labute approximate surface area is 105 Å². The van der Waals surface area contributed by atoms with Crippen molar-refractivity contribution in [2.24, 2.45) is 0 Å².